The molecule has 0 aliphatic carbocycles. The first-order valence-corrected chi connectivity index (χ1v) is 7.72. The van der Waals surface area contributed by atoms with E-state index in [1.807, 2.05) is 0 Å². The molecule has 1 aromatic rings. The second kappa shape index (κ2) is 7.27. The van der Waals surface area contributed by atoms with Crippen molar-refractivity contribution in [3.63, 3.8) is 0 Å². The van der Waals surface area contributed by atoms with E-state index in [0.717, 1.165) is 39.3 Å². The monoisotopic (exact) mass is 326 g/mol. The minimum Gasteiger partial charge on any atom is -0.378 e. The molecular weight excluding hydrogens is 304 g/mol. The van der Waals surface area contributed by atoms with E-state index in [-0.39, 0.29) is 0 Å². The molecule has 1 heterocycles. The molecule has 1 aromatic carbocycles. The van der Waals surface area contributed by atoms with Crippen LogP contribution < -0.4 is 4.90 Å². The third kappa shape index (κ3) is 4.48. The van der Waals surface area contributed by atoms with Crippen molar-refractivity contribution in [3.8, 4) is 0 Å². The van der Waals surface area contributed by atoms with E-state index < -0.39 is 0 Å². The number of ether oxygens (including phenoxy) is 1. The van der Waals surface area contributed by atoms with Crippen molar-refractivity contribution in [3.05, 3.63) is 28.2 Å². The van der Waals surface area contributed by atoms with Gasteiger partial charge in [0.15, 0.2) is 0 Å². The number of anilines is 1. The van der Waals surface area contributed by atoms with Crippen LogP contribution in [0.4, 0.5) is 5.69 Å². The Labute approximate surface area is 124 Å². The average Bonchev–Trinajstić information content (AvgIpc) is 2.39. The highest BCUT2D eigenvalue weighted by Crippen LogP contribution is 2.28. The van der Waals surface area contributed by atoms with Crippen molar-refractivity contribution in [2.75, 3.05) is 51.8 Å². The second-order valence-electron chi connectivity index (χ2n) is 5.29. The number of halogens is 1. The molecule has 2 rings (SSSR count). The summed E-state index contributed by atoms with van der Waals surface area (Å²) in [6.45, 7) is 4.77. The highest BCUT2D eigenvalue weighted by atomic mass is 79.9. The predicted molar refractivity (Wildman–Crippen MR) is 84.0 cm³/mol. The van der Waals surface area contributed by atoms with Gasteiger partial charge in [0.1, 0.15) is 0 Å². The Morgan fingerprint density at radius 2 is 2.00 bits per heavy atom. The first-order valence-electron chi connectivity index (χ1n) is 6.92. The summed E-state index contributed by atoms with van der Waals surface area (Å²) in [6.07, 6.45) is 2.34. The van der Waals surface area contributed by atoms with Crippen molar-refractivity contribution in [1.82, 2.24) is 4.90 Å². The van der Waals surface area contributed by atoms with Crippen LogP contribution in [0.3, 0.4) is 0 Å². The quantitative estimate of drug-likeness (QED) is 0.827. The normalized spacial score (nSPS) is 16.1. The largest absolute Gasteiger partial charge is 0.378 e. The first-order chi connectivity index (χ1) is 9.16. The summed E-state index contributed by atoms with van der Waals surface area (Å²) in [5, 5.41) is 0. The predicted octanol–water partition coefficient (Wildman–Crippen LogP) is 2.78. The summed E-state index contributed by atoms with van der Waals surface area (Å²) >= 11 is 3.71. The van der Waals surface area contributed by atoms with Gasteiger partial charge in [-0.1, -0.05) is 6.07 Å². The molecule has 0 unspecified atom stereocenters. The molecule has 0 N–H and O–H groups in total. The number of rotatable bonds is 5. The van der Waals surface area contributed by atoms with Gasteiger partial charge in [0.05, 0.1) is 18.9 Å². The number of hydrogen-bond donors (Lipinski definition) is 0. The molecule has 0 spiro atoms. The van der Waals surface area contributed by atoms with Crippen molar-refractivity contribution in [2.45, 2.75) is 12.8 Å². The van der Waals surface area contributed by atoms with Crippen LogP contribution in [0, 0.1) is 0 Å². The molecule has 3 nitrogen and oxygen atoms in total. The molecule has 0 aromatic heterocycles. The van der Waals surface area contributed by atoms with Crippen LogP contribution in [0.2, 0.25) is 0 Å². The van der Waals surface area contributed by atoms with E-state index in [9.17, 15) is 0 Å². The Morgan fingerprint density at radius 3 is 2.63 bits per heavy atom. The smallest absolute Gasteiger partial charge is 0.0642 e. The number of morpholine rings is 1. The highest BCUT2D eigenvalue weighted by Gasteiger charge is 2.13. The third-order valence-corrected chi connectivity index (χ3v) is 4.07. The van der Waals surface area contributed by atoms with Crippen molar-refractivity contribution in [1.29, 1.82) is 0 Å². The minimum atomic E-state index is 0.830. The fourth-order valence-electron chi connectivity index (χ4n) is 2.37. The average molecular weight is 327 g/mol. The van der Waals surface area contributed by atoms with Crippen LogP contribution in [0.25, 0.3) is 0 Å². The van der Waals surface area contributed by atoms with Crippen molar-refractivity contribution >= 4 is 21.6 Å². The van der Waals surface area contributed by atoms with E-state index >= 15 is 0 Å². The summed E-state index contributed by atoms with van der Waals surface area (Å²) in [5.41, 5.74) is 2.70. The zero-order chi connectivity index (χ0) is 13.7. The summed E-state index contributed by atoms with van der Waals surface area (Å²) in [6, 6.07) is 6.76. The first kappa shape index (κ1) is 14.8. The van der Waals surface area contributed by atoms with Gasteiger partial charge in [-0.3, -0.25) is 0 Å². The van der Waals surface area contributed by atoms with E-state index in [0.29, 0.717) is 0 Å². The fraction of sp³-hybridized carbons (Fsp3) is 0.600. The third-order valence-electron chi connectivity index (χ3n) is 3.43. The van der Waals surface area contributed by atoms with Gasteiger partial charge >= 0.3 is 0 Å². The van der Waals surface area contributed by atoms with Crippen LogP contribution in [0.5, 0.6) is 0 Å². The SMILES string of the molecule is CN(C)CCCc1ccc(N2CCOCC2)c(Br)c1. The van der Waals surface area contributed by atoms with Crippen LogP contribution in [0.1, 0.15) is 12.0 Å². The lowest BCUT2D eigenvalue weighted by atomic mass is 10.1. The maximum atomic E-state index is 5.40. The van der Waals surface area contributed by atoms with Crippen LogP contribution in [-0.4, -0.2) is 51.8 Å². The molecule has 1 aliphatic rings. The molecule has 0 amide bonds. The number of benzene rings is 1. The zero-order valence-corrected chi connectivity index (χ0v) is 13.4. The standard InChI is InChI=1S/C15H23BrN2O/c1-17(2)7-3-4-13-5-6-15(14(16)12-13)18-8-10-19-11-9-18/h5-6,12H,3-4,7-11H2,1-2H3. The van der Waals surface area contributed by atoms with Crippen LogP contribution in [-0.2, 0) is 11.2 Å². The maximum absolute atomic E-state index is 5.40. The summed E-state index contributed by atoms with van der Waals surface area (Å²) < 4.78 is 6.60. The Kier molecular flexibility index (Phi) is 5.67. The summed E-state index contributed by atoms with van der Waals surface area (Å²) in [4.78, 5) is 4.62. The zero-order valence-electron chi connectivity index (χ0n) is 11.9. The van der Waals surface area contributed by atoms with Gasteiger partial charge in [-0.05, 0) is 67.1 Å². The van der Waals surface area contributed by atoms with Crippen LogP contribution >= 0.6 is 15.9 Å². The van der Waals surface area contributed by atoms with E-state index in [1.54, 1.807) is 0 Å². The van der Waals surface area contributed by atoms with E-state index in [2.05, 4.69) is 58.0 Å². The maximum Gasteiger partial charge on any atom is 0.0642 e. The number of aryl methyl sites for hydroxylation is 1. The van der Waals surface area contributed by atoms with Gasteiger partial charge in [-0.25, -0.2) is 0 Å². The molecule has 0 radical (unpaired) electrons. The topological polar surface area (TPSA) is 15.7 Å². The van der Waals surface area contributed by atoms with Crippen molar-refractivity contribution < 1.29 is 4.74 Å². The molecular formula is C15H23BrN2O. The second-order valence-corrected chi connectivity index (χ2v) is 6.15. The number of nitrogens with zero attached hydrogens (tertiary/aromatic N) is 2. The molecule has 1 saturated heterocycles. The van der Waals surface area contributed by atoms with Gasteiger partial charge in [0.2, 0.25) is 0 Å². The van der Waals surface area contributed by atoms with Gasteiger partial charge in [-0.2, -0.15) is 0 Å². The van der Waals surface area contributed by atoms with Gasteiger partial charge < -0.3 is 14.5 Å². The van der Waals surface area contributed by atoms with Gasteiger partial charge in [-0.15, -0.1) is 0 Å². The molecule has 106 valence electrons. The molecule has 0 atom stereocenters. The molecule has 1 fully saturated rings. The highest BCUT2D eigenvalue weighted by molar-refractivity contribution is 9.10. The fourth-order valence-corrected chi connectivity index (χ4v) is 3.04. The summed E-state index contributed by atoms with van der Waals surface area (Å²) in [7, 11) is 4.24. The van der Waals surface area contributed by atoms with Gasteiger partial charge in [0, 0.05) is 17.6 Å². The molecule has 0 saturated carbocycles. The lowest BCUT2D eigenvalue weighted by molar-refractivity contribution is 0.122. The summed E-state index contributed by atoms with van der Waals surface area (Å²) in [5.74, 6) is 0. The number of hydrogen-bond acceptors (Lipinski definition) is 3. The molecule has 19 heavy (non-hydrogen) atoms. The minimum absolute atomic E-state index is 0.830. The van der Waals surface area contributed by atoms with Crippen LogP contribution in [0.15, 0.2) is 22.7 Å². The Morgan fingerprint density at radius 1 is 1.26 bits per heavy atom. The van der Waals surface area contributed by atoms with Crippen molar-refractivity contribution in [2.24, 2.45) is 0 Å². The lowest BCUT2D eigenvalue weighted by Gasteiger charge is -2.29. The van der Waals surface area contributed by atoms with Gasteiger partial charge in [0.25, 0.3) is 0 Å². The lowest BCUT2D eigenvalue weighted by Crippen LogP contribution is -2.36. The molecule has 1 aliphatic heterocycles. The van der Waals surface area contributed by atoms with E-state index in [1.165, 1.54) is 22.1 Å². The molecule has 4 heteroatoms. The Balaban J connectivity index is 1.96. The van der Waals surface area contributed by atoms with E-state index in [4.69, 9.17) is 4.74 Å². The molecule has 0 bridgehead atoms. The Hall–Kier alpha value is -0.580. The Bertz CT molecular complexity index is 403.